The van der Waals surface area contributed by atoms with Crippen LogP contribution in [0, 0.1) is 0 Å². The Kier molecular flexibility index (Phi) is 2.58. The summed E-state index contributed by atoms with van der Waals surface area (Å²) in [5, 5.41) is 14.0. The maximum absolute atomic E-state index is 10.6. The number of nitrogens with one attached hydrogen (secondary N) is 1. The van der Waals surface area contributed by atoms with Crippen LogP contribution in [0.1, 0.15) is 43.4 Å². The fourth-order valence-electron chi connectivity index (χ4n) is 4.50. The van der Waals surface area contributed by atoms with Crippen molar-refractivity contribution in [1.82, 2.24) is 10.2 Å². The molecular weight excluding hydrogens is 250 g/mol. The average molecular weight is 273 g/mol. The van der Waals surface area contributed by atoms with Crippen molar-refractivity contribution in [2.75, 3.05) is 6.54 Å². The van der Waals surface area contributed by atoms with Gasteiger partial charge in [0.15, 0.2) is 6.35 Å². The molecule has 0 saturated heterocycles. The molecule has 5 rings (SSSR count). The third-order valence-corrected chi connectivity index (χ3v) is 5.46. The molecule has 4 N–H and O–H groups in total. The monoisotopic (exact) mass is 273 g/mol. The van der Waals surface area contributed by atoms with E-state index in [1.54, 1.807) is 0 Å². The Morgan fingerprint density at radius 3 is 2.75 bits per heavy atom. The molecule has 3 aliphatic carbocycles. The minimum Gasteiger partial charge on any atom is -0.365 e. The minimum absolute atomic E-state index is 0.0762. The predicted octanol–water partition coefficient (Wildman–Crippen LogP) is 1.10. The topological polar surface area (TPSA) is 61.5 Å². The van der Waals surface area contributed by atoms with E-state index in [-0.39, 0.29) is 17.1 Å². The molecule has 2 atom stereocenters. The number of aliphatic hydroxyl groups is 1. The molecular formula is C16H23N3O. The quantitative estimate of drug-likeness (QED) is 0.722. The lowest BCUT2D eigenvalue weighted by Gasteiger charge is -2.70. The normalized spacial score (nSPS) is 40.5. The summed E-state index contributed by atoms with van der Waals surface area (Å²) < 4.78 is 0. The van der Waals surface area contributed by atoms with Crippen LogP contribution in [0.4, 0.5) is 0 Å². The van der Waals surface area contributed by atoms with Gasteiger partial charge in [-0.1, -0.05) is 24.3 Å². The van der Waals surface area contributed by atoms with Gasteiger partial charge in [0.1, 0.15) is 0 Å². The Hall–Kier alpha value is -0.940. The molecule has 3 fully saturated rings. The molecule has 1 aliphatic heterocycles. The van der Waals surface area contributed by atoms with Crippen LogP contribution in [0.3, 0.4) is 0 Å². The van der Waals surface area contributed by atoms with Crippen molar-refractivity contribution in [3.8, 4) is 0 Å². The summed E-state index contributed by atoms with van der Waals surface area (Å²) in [5.74, 6) is 0. The standard InChI is InChI=1S/C16H23N3O/c1-11-13-5-3-2-4-12(13)6-7-19(11)14(20)18-16-8-15(17,9-16)10-16/h2-5,11,14,18,20H,6-10,17H2,1H3/t11-,14?,15?,16?/m0/s1. The molecule has 3 saturated carbocycles. The molecule has 0 aromatic heterocycles. The first-order chi connectivity index (χ1) is 9.50. The number of hydrogen-bond donors (Lipinski definition) is 3. The van der Waals surface area contributed by atoms with Crippen molar-refractivity contribution < 1.29 is 5.11 Å². The van der Waals surface area contributed by atoms with Gasteiger partial charge in [-0.15, -0.1) is 0 Å². The molecule has 0 spiro atoms. The highest BCUT2D eigenvalue weighted by Crippen LogP contribution is 2.58. The van der Waals surface area contributed by atoms with Gasteiger partial charge in [-0.2, -0.15) is 0 Å². The Labute approximate surface area is 120 Å². The average Bonchev–Trinajstić information content (AvgIpc) is 2.36. The molecule has 1 aromatic rings. The number of benzene rings is 1. The van der Waals surface area contributed by atoms with E-state index in [2.05, 4.69) is 41.4 Å². The summed E-state index contributed by atoms with van der Waals surface area (Å²) in [5.41, 5.74) is 9.03. The van der Waals surface area contributed by atoms with E-state index >= 15 is 0 Å². The number of rotatable bonds is 3. The molecule has 0 amide bonds. The number of fused-ring (bicyclic) bond motifs is 1. The maximum atomic E-state index is 10.6. The van der Waals surface area contributed by atoms with E-state index in [1.165, 1.54) is 11.1 Å². The molecule has 4 nitrogen and oxygen atoms in total. The molecule has 2 bridgehead atoms. The lowest BCUT2D eigenvalue weighted by molar-refractivity contribution is -0.149. The minimum atomic E-state index is -0.566. The predicted molar refractivity (Wildman–Crippen MR) is 77.9 cm³/mol. The SMILES string of the molecule is C[C@H]1c2ccccc2CCN1C(O)NC12CC(N)(C1)C2. The van der Waals surface area contributed by atoms with Gasteiger partial charge in [0.05, 0.1) is 0 Å². The highest BCUT2D eigenvalue weighted by molar-refractivity contribution is 5.32. The van der Waals surface area contributed by atoms with Crippen molar-refractivity contribution >= 4 is 0 Å². The van der Waals surface area contributed by atoms with E-state index < -0.39 is 6.35 Å². The fraction of sp³-hybridized carbons (Fsp3) is 0.625. The lowest BCUT2D eigenvalue weighted by atomic mass is 9.44. The summed E-state index contributed by atoms with van der Waals surface area (Å²) in [6.45, 7) is 3.07. The smallest absolute Gasteiger partial charge is 0.163 e. The lowest BCUT2D eigenvalue weighted by Crippen LogP contribution is -2.83. The van der Waals surface area contributed by atoms with Gasteiger partial charge < -0.3 is 10.8 Å². The summed E-state index contributed by atoms with van der Waals surface area (Å²) in [4.78, 5) is 2.16. The zero-order chi connectivity index (χ0) is 14.0. The van der Waals surface area contributed by atoms with E-state index in [0.29, 0.717) is 0 Å². The highest BCUT2D eigenvalue weighted by atomic mass is 16.3. The molecule has 4 heteroatoms. The third kappa shape index (κ3) is 1.76. The second kappa shape index (κ2) is 4.04. The van der Waals surface area contributed by atoms with E-state index in [0.717, 1.165) is 32.2 Å². The van der Waals surface area contributed by atoms with Crippen LogP contribution in [0.25, 0.3) is 0 Å². The Morgan fingerprint density at radius 1 is 1.35 bits per heavy atom. The first-order valence-corrected chi connectivity index (χ1v) is 7.59. The Morgan fingerprint density at radius 2 is 2.05 bits per heavy atom. The van der Waals surface area contributed by atoms with Crippen molar-refractivity contribution in [1.29, 1.82) is 0 Å². The van der Waals surface area contributed by atoms with Crippen molar-refractivity contribution in [3.05, 3.63) is 35.4 Å². The van der Waals surface area contributed by atoms with Gasteiger partial charge in [0.25, 0.3) is 0 Å². The molecule has 4 aliphatic rings. The van der Waals surface area contributed by atoms with Crippen LogP contribution >= 0.6 is 0 Å². The van der Waals surface area contributed by atoms with E-state index in [1.807, 2.05) is 0 Å². The molecule has 0 radical (unpaired) electrons. The van der Waals surface area contributed by atoms with Crippen LogP contribution in [-0.2, 0) is 6.42 Å². The zero-order valence-electron chi connectivity index (χ0n) is 12.0. The Bertz CT molecular complexity index is 525. The van der Waals surface area contributed by atoms with Gasteiger partial charge in [-0.05, 0) is 43.7 Å². The molecule has 1 unspecified atom stereocenters. The van der Waals surface area contributed by atoms with E-state index in [9.17, 15) is 5.11 Å². The van der Waals surface area contributed by atoms with Crippen molar-refractivity contribution in [2.24, 2.45) is 5.73 Å². The molecule has 20 heavy (non-hydrogen) atoms. The van der Waals surface area contributed by atoms with Gasteiger partial charge >= 0.3 is 0 Å². The number of aliphatic hydroxyl groups excluding tert-OH is 1. The van der Waals surface area contributed by atoms with Gasteiger partial charge in [-0.3, -0.25) is 10.2 Å². The van der Waals surface area contributed by atoms with Crippen LogP contribution in [0.2, 0.25) is 0 Å². The van der Waals surface area contributed by atoms with E-state index in [4.69, 9.17) is 5.73 Å². The molecule has 108 valence electrons. The van der Waals surface area contributed by atoms with Crippen molar-refractivity contribution in [3.63, 3.8) is 0 Å². The summed E-state index contributed by atoms with van der Waals surface area (Å²) >= 11 is 0. The number of nitrogens with zero attached hydrogens (tertiary/aromatic N) is 1. The maximum Gasteiger partial charge on any atom is 0.163 e. The van der Waals surface area contributed by atoms with Crippen LogP contribution < -0.4 is 11.1 Å². The summed E-state index contributed by atoms with van der Waals surface area (Å²) in [7, 11) is 0. The number of nitrogens with two attached hydrogens (primary N) is 1. The van der Waals surface area contributed by atoms with Gasteiger partial charge in [0.2, 0.25) is 0 Å². The largest absolute Gasteiger partial charge is 0.365 e. The second-order valence-electron chi connectivity index (χ2n) is 7.05. The van der Waals surface area contributed by atoms with Gasteiger partial charge in [-0.25, -0.2) is 0 Å². The van der Waals surface area contributed by atoms with Gasteiger partial charge in [0, 0.05) is 23.7 Å². The number of hydrogen-bond acceptors (Lipinski definition) is 4. The zero-order valence-corrected chi connectivity index (χ0v) is 12.0. The third-order valence-electron chi connectivity index (χ3n) is 5.46. The second-order valence-corrected chi connectivity index (χ2v) is 7.05. The van der Waals surface area contributed by atoms with Crippen LogP contribution in [0.5, 0.6) is 0 Å². The molecule has 1 heterocycles. The fourth-order valence-corrected chi connectivity index (χ4v) is 4.50. The van der Waals surface area contributed by atoms with Crippen LogP contribution in [0.15, 0.2) is 24.3 Å². The Balaban J connectivity index is 1.47. The highest BCUT2D eigenvalue weighted by Gasteiger charge is 2.66. The summed E-state index contributed by atoms with van der Waals surface area (Å²) in [6.07, 6.45) is 3.47. The van der Waals surface area contributed by atoms with Crippen molar-refractivity contribution in [2.45, 2.75) is 56.1 Å². The molecule has 1 aromatic carbocycles. The van der Waals surface area contributed by atoms with Crippen LogP contribution in [-0.4, -0.2) is 34.0 Å². The summed E-state index contributed by atoms with van der Waals surface area (Å²) in [6, 6.07) is 8.80. The first kappa shape index (κ1) is 12.8. The first-order valence-electron chi connectivity index (χ1n) is 7.59.